The normalized spacial score (nSPS) is 11.8. The number of fused-ring (bicyclic) bond motifs is 1. The number of nitrogen functional groups attached to an aromatic ring is 2. The number of carbonyl (C=O) groups excluding carboxylic acids is 2. The van der Waals surface area contributed by atoms with Crippen LogP contribution in [0.1, 0.15) is 46.4 Å². The van der Waals surface area contributed by atoms with Gasteiger partial charge in [0.15, 0.2) is 28.4 Å². The lowest BCUT2D eigenvalue weighted by Gasteiger charge is -2.14. The maximum absolute atomic E-state index is 12.8. The number of nitrogens with two attached hydrogens (primary N) is 3. The molecule has 248 valence electrons. The van der Waals surface area contributed by atoms with E-state index in [-0.39, 0.29) is 34.3 Å². The molecule has 0 fully saturated rings. The van der Waals surface area contributed by atoms with Gasteiger partial charge in [0.25, 0.3) is 5.91 Å². The van der Waals surface area contributed by atoms with E-state index >= 15 is 0 Å². The van der Waals surface area contributed by atoms with Gasteiger partial charge in [-0.2, -0.15) is 0 Å². The van der Waals surface area contributed by atoms with Crippen molar-refractivity contribution in [3.63, 3.8) is 0 Å². The van der Waals surface area contributed by atoms with Gasteiger partial charge in [0, 0.05) is 12.2 Å². The average molecular weight is 659 g/mol. The first kappa shape index (κ1) is 35.1. The molecule has 0 bridgehead atoms. The predicted molar refractivity (Wildman–Crippen MR) is 190 cm³/mol. The Morgan fingerprint density at radius 1 is 0.872 bits per heavy atom. The molecular weight excluding hydrogens is 616 g/mol. The Morgan fingerprint density at radius 2 is 1.51 bits per heavy atom. The minimum absolute atomic E-state index is 0.0736. The molecule has 1 heterocycles. The molecular formula is C34H43ClN10O2. The van der Waals surface area contributed by atoms with Crippen molar-refractivity contribution in [1.82, 2.24) is 25.5 Å². The number of hydrogen-bond donors (Lipinski definition) is 7. The smallest absolute Gasteiger partial charge is 0.280 e. The van der Waals surface area contributed by atoms with E-state index in [1.165, 1.54) is 11.1 Å². The highest BCUT2D eigenvalue weighted by atomic mass is 35.5. The van der Waals surface area contributed by atoms with Crippen molar-refractivity contribution < 1.29 is 9.59 Å². The van der Waals surface area contributed by atoms with Crippen LogP contribution in [-0.4, -0.2) is 65.9 Å². The zero-order valence-corrected chi connectivity index (χ0v) is 27.5. The number of carbonyl (C=O) groups is 2. The number of hydrogen-bond acceptors (Lipinski definition) is 9. The molecule has 0 saturated carbocycles. The minimum atomic E-state index is -0.702. The van der Waals surface area contributed by atoms with Gasteiger partial charge in [0.1, 0.15) is 0 Å². The molecule has 47 heavy (non-hydrogen) atoms. The number of anilines is 3. The molecule has 1 unspecified atom stereocenters. The maximum atomic E-state index is 12.8. The van der Waals surface area contributed by atoms with Gasteiger partial charge in [0.05, 0.1) is 6.04 Å². The predicted octanol–water partition coefficient (Wildman–Crippen LogP) is 3.73. The number of amides is 2. The SMILES string of the molecule is CN(C)CCCc1ccc(NC(=O)C(N)Cc2ccc3cc(CCCCNC(=N)NC(=O)c4nc(Cl)c(N)nc4N)ccc3c2)cc1. The Hall–Kier alpha value is -4.78. The summed E-state index contributed by atoms with van der Waals surface area (Å²) < 4.78 is 0. The van der Waals surface area contributed by atoms with Gasteiger partial charge in [-0.25, -0.2) is 9.97 Å². The topological polar surface area (TPSA) is 201 Å². The molecule has 0 aliphatic rings. The van der Waals surface area contributed by atoms with E-state index in [2.05, 4.69) is 87.4 Å². The van der Waals surface area contributed by atoms with Crippen molar-refractivity contribution in [2.75, 3.05) is 44.0 Å². The van der Waals surface area contributed by atoms with Crippen LogP contribution in [-0.2, 0) is 24.1 Å². The van der Waals surface area contributed by atoms with Crippen LogP contribution in [0.2, 0.25) is 5.15 Å². The Kier molecular flexibility index (Phi) is 12.5. The fourth-order valence-corrected chi connectivity index (χ4v) is 5.18. The Bertz CT molecular complexity index is 1710. The number of benzene rings is 3. The fourth-order valence-electron chi connectivity index (χ4n) is 5.06. The lowest BCUT2D eigenvalue weighted by molar-refractivity contribution is -0.117. The lowest BCUT2D eigenvalue weighted by atomic mass is 9.98. The minimum Gasteiger partial charge on any atom is -0.382 e. The summed E-state index contributed by atoms with van der Waals surface area (Å²) in [5, 5.41) is 18.2. The third kappa shape index (κ3) is 10.6. The van der Waals surface area contributed by atoms with E-state index < -0.39 is 11.9 Å². The molecule has 1 aromatic heterocycles. The van der Waals surface area contributed by atoms with Crippen molar-refractivity contribution >= 4 is 57.5 Å². The van der Waals surface area contributed by atoms with Crippen LogP contribution in [0.15, 0.2) is 60.7 Å². The van der Waals surface area contributed by atoms with E-state index in [1.807, 2.05) is 18.2 Å². The first-order valence-corrected chi connectivity index (χ1v) is 15.9. The second-order valence-corrected chi connectivity index (χ2v) is 12.1. The van der Waals surface area contributed by atoms with Crippen LogP contribution in [0.5, 0.6) is 0 Å². The molecule has 0 aliphatic heterocycles. The summed E-state index contributed by atoms with van der Waals surface area (Å²) in [5.41, 5.74) is 21.5. The zero-order valence-electron chi connectivity index (χ0n) is 26.8. The molecule has 0 saturated heterocycles. The lowest BCUT2D eigenvalue weighted by Crippen LogP contribution is -2.41. The van der Waals surface area contributed by atoms with Crippen LogP contribution >= 0.6 is 11.6 Å². The third-order valence-electron chi connectivity index (χ3n) is 7.61. The summed E-state index contributed by atoms with van der Waals surface area (Å²) in [5.74, 6) is -1.33. The third-order valence-corrected chi connectivity index (χ3v) is 7.88. The first-order chi connectivity index (χ1) is 22.5. The van der Waals surface area contributed by atoms with Crippen LogP contribution in [0.25, 0.3) is 10.8 Å². The molecule has 0 radical (unpaired) electrons. The van der Waals surface area contributed by atoms with E-state index in [0.717, 1.165) is 60.7 Å². The second-order valence-electron chi connectivity index (χ2n) is 11.8. The van der Waals surface area contributed by atoms with Crippen LogP contribution < -0.4 is 33.2 Å². The van der Waals surface area contributed by atoms with Gasteiger partial charge in [-0.05, 0) is 98.8 Å². The van der Waals surface area contributed by atoms with Crippen molar-refractivity contribution in [2.45, 2.75) is 44.6 Å². The number of nitrogens with one attached hydrogen (secondary N) is 4. The average Bonchev–Trinajstić information content (AvgIpc) is 3.03. The van der Waals surface area contributed by atoms with Crippen LogP contribution in [0, 0.1) is 5.41 Å². The van der Waals surface area contributed by atoms with Gasteiger partial charge < -0.3 is 32.7 Å². The van der Waals surface area contributed by atoms with Crippen molar-refractivity contribution in [3.8, 4) is 0 Å². The summed E-state index contributed by atoms with van der Waals surface area (Å²) in [7, 11) is 4.14. The summed E-state index contributed by atoms with van der Waals surface area (Å²) in [6.07, 6.45) is 5.04. The summed E-state index contributed by atoms with van der Waals surface area (Å²) in [6.45, 7) is 1.54. The highest BCUT2D eigenvalue weighted by Crippen LogP contribution is 2.21. The fraction of sp³-hybridized carbons (Fsp3) is 0.324. The Labute approximate surface area is 280 Å². The van der Waals surface area contributed by atoms with Gasteiger partial charge in [0.2, 0.25) is 5.91 Å². The first-order valence-electron chi connectivity index (χ1n) is 15.5. The van der Waals surface area contributed by atoms with Crippen molar-refractivity contribution in [1.29, 1.82) is 5.41 Å². The molecule has 3 aromatic carbocycles. The maximum Gasteiger partial charge on any atom is 0.280 e. The monoisotopic (exact) mass is 658 g/mol. The van der Waals surface area contributed by atoms with Crippen molar-refractivity contribution in [2.24, 2.45) is 5.73 Å². The number of unbranched alkanes of at least 4 members (excludes halogenated alkanes) is 1. The Morgan fingerprint density at radius 3 is 2.21 bits per heavy atom. The molecule has 13 heteroatoms. The zero-order chi connectivity index (χ0) is 33.9. The number of aryl methyl sites for hydroxylation is 2. The molecule has 2 amide bonds. The number of halogens is 1. The van der Waals surface area contributed by atoms with Gasteiger partial charge in [-0.15, -0.1) is 0 Å². The van der Waals surface area contributed by atoms with Crippen LogP contribution in [0.3, 0.4) is 0 Å². The quantitative estimate of drug-likeness (QED) is 0.0599. The highest BCUT2D eigenvalue weighted by molar-refractivity contribution is 6.31. The summed E-state index contributed by atoms with van der Waals surface area (Å²) in [6, 6.07) is 19.8. The van der Waals surface area contributed by atoms with Gasteiger partial charge >= 0.3 is 0 Å². The highest BCUT2D eigenvalue weighted by Gasteiger charge is 2.17. The van der Waals surface area contributed by atoms with E-state index in [9.17, 15) is 9.59 Å². The summed E-state index contributed by atoms with van der Waals surface area (Å²) in [4.78, 5) is 34.9. The van der Waals surface area contributed by atoms with E-state index in [4.69, 9.17) is 34.2 Å². The molecule has 4 aromatic rings. The van der Waals surface area contributed by atoms with Crippen molar-refractivity contribution in [3.05, 3.63) is 88.2 Å². The van der Waals surface area contributed by atoms with Gasteiger partial charge in [-0.3, -0.25) is 20.3 Å². The van der Waals surface area contributed by atoms with Gasteiger partial charge in [-0.1, -0.05) is 60.1 Å². The number of guanidine groups is 1. The van der Waals surface area contributed by atoms with Crippen LogP contribution in [0.4, 0.5) is 17.3 Å². The molecule has 0 aliphatic carbocycles. The molecule has 1 atom stereocenters. The molecule has 12 nitrogen and oxygen atoms in total. The number of aromatic nitrogens is 2. The van der Waals surface area contributed by atoms with E-state index in [1.54, 1.807) is 0 Å². The second kappa shape index (κ2) is 16.7. The summed E-state index contributed by atoms with van der Waals surface area (Å²) >= 11 is 5.82. The molecule has 0 spiro atoms. The standard InChI is InChI=1S/C34H43ClN10O2/c1-45(2)17-5-7-21-10-14-26(15-11-21)41-32(46)27(36)20-23-9-13-24-18-22(8-12-25(24)19-23)6-3-4-16-40-34(39)44-33(47)28-30(37)43-31(38)29(35)42-28/h8-15,18-19,27H,3-7,16-17,20,36H2,1-2H3,(H,41,46)(H4,37,38,43)(H3,39,40,44,47). The number of rotatable bonds is 14. The largest absolute Gasteiger partial charge is 0.382 e. The molecule has 10 N–H and O–H groups in total. The van der Waals surface area contributed by atoms with E-state index in [0.29, 0.717) is 13.0 Å². The Balaban J connectivity index is 1.19. The molecule has 4 rings (SSSR count). The number of nitrogens with zero attached hydrogens (tertiary/aromatic N) is 3.